The molecule has 1 saturated heterocycles. The van der Waals surface area contributed by atoms with Crippen LogP contribution in [0.15, 0.2) is 34.9 Å². The van der Waals surface area contributed by atoms with Crippen molar-refractivity contribution in [2.24, 2.45) is 5.92 Å². The number of ether oxygens (including phenoxy) is 2. The number of hydrogen-bond acceptors (Lipinski definition) is 6. The van der Waals surface area contributed by atoms with E-state index in [9.17, 15) is 4.79 Å². The highest BCUT2D eigenvalue weighted by atomic mass is 16.5. The zero-order valence-electron chi connectivity index (χ0n) is 15.1. The molecule has 142 valence electrons. The number of nitriles is 1. The molecule has 3 rings (SSSR count). The van der Waals surface area contributed by atoms with Gasteiger partial charge in [-0.1, -0.05) is 17.3 Å². The maximum atomic E-state index is 12.0. The van der Waals surface area contributed by atoms with Gasteiger partial charge in [-0.15, -0.1) is 0 Å². The van der Waals surface area contributed by atoms with Crippen molar-refractivity contribution in [1.82, 2.24) is 10.5 Å². The summed E-state index contributed by atoms with van der Waals surface area (Å²) in [4.78, 5) is 12.0. The Bertz CT molecular complexity index is 791. The lowest BCUT2D eigenvalue weighted by Crippen LogP contribution is -2.33. The normalized spacial score (nSPS) is 14.6. The van der Waals surface area contributed by atoms with Gasteiger partial charge in [0, 0.05) is 25.8 Å². The van der Waals surface area contributed by atoms with E-state index in [1.807, 2.05) is 12.1 Å². The fourth-order valence-corrected chi connectivity index (χ4v) is 2.94. The Labute approximate surface area is 158 Å². The van der Waals surface area contributed by atoms with Gasteiger partial charge in [0.15, 0.2) is 5.76 Å². The van der Waals surface area contributed by atoms with Gasteiger partial charge in [-0.2, -0.15) is 5.26 Å². The van der Waals surface area contributed by atoms with Crippen LogP contribution in [-0.2, 0) is 33.9 Å². The van der Waals surface area contributed by atoms with E-state index in [0.29, 0.717) is 36.1 Å². The molecular formula is C20H23N3O4. The molecule has 0 saturated carbocycles. The molecule has 1 aromatic carbocycles. The lowest BCUT2D eigenvalue weighted by Gasteiger charge is -2.21. The zero-order valence-corrected chi connectivity index (χ0v) is 15.1. The third-order valence-corrected chi connectivity index (χ3v) is 4.45. The van der Waals surface area contributed by atoms with E-state index in [4.69, 9.17) is 19.3 Å². The van der Waals surface area contributed by atoms with Crippen LogP contribution in [0.2, 0.25) is 0 Å². The van der Waals surface area contributed by atoms with Gasteiger partial charge >= 0.3 is 0 Å². The standard InChI is InChI=1S/C20H23N3O4/c21-11-16-2-1-3-17(8-16)13-26-14-19-9-18(23-27-19)10-20(24)22-12-15-4-6-25-7-5-15/h1-3,8-9,15H,4-7,10,12-14H2,(H,22,24). The molecule has 0 radical (unpaired) electrons. The highest BCUT2D eigenvalue weighted by molar-refractivity contribution is 5.78. The minimum Gasteiger partial charge on any atom is -0.381 e. The van der Waals surface area contributed by atoms with Crippen LogP contribution in [0, 0.1) is 17.2 Å². The maximum absolute atomic E-state index is 12.0. The Kier molecular flexibility index (Phi) is 6.97. The van der Waals surface area contributed by atoms with Crippen LogP contribution >= 0.6 is 0 Å². The van der Waals surface area contributed by atoms with Crippen LogP contribution in [0.1, 0.15) is 35.4 Å². The van der Waals surface area contributed by atoms with E-state index in [0.717, 1.165) is 31.6 Å². The summed E-state index contributed by atoms with van der Waals surface area (Å²) in [5.74, 6) is 0.998. The summed E-state index contributed by atoms with van der Waals surface area (Å²) in [6, 6.07) is 11.1. The number of carbonyl (C=O) groups excluding carboxylic acids is 1. The van der Waals surface area contributed by atoms with Gasteiger partial charge in [0.1, 0.15) is 6.61 Å². The Morgan fingerprint density at radius 1 is 1.30 bits per heavy atom. The van der Waals surface area contributed by atoms with E-state index in [2.05, 4.69) is 16.5 Å². The Balaban J connectivity index is 1.38. The topological polar surface area (TPSA) is 97.4 Å². The Hall–Kier alpha value is -2.69. The van der Waals surface area contributed by atoms with Gasteiger partial charge in [0.25, 0.3) is 0 Å². The monoisotopic (exact) mass is 369 g/mol. The fourth-order valence-electron chi connectivity index (χ4n) is 2.94. The molecule has 0 atom stereocenters. The van der Waals surface area contributed by atoms with Crippen molar-refractivity contribution in [3.63, 3.8) is 0 Å². The molecule has 7 heteroatoms. The first-order chi connectivity index (χ1) is 13.2. The van der Waals surface area contributed by atoms with Crippen molar-refractivity contribution in [1.29, 1.82) is 5.26 Å². The van der Waals surface area contributed by atoms with Crippen molar-refractivity contribution < 1.29 is 18.8 Å². The average molecular weight is 369 g/mol. The van der Waals surface area contributed by atoms with Gasteiger partial charge in [0.2, 0.25) is 5.91 Å². The number of rotatable bonds is 8. The molecular weight excluding hydrogens is 346 g/mol. The smallest absolute Gasteiger partial charge is 0.226 e. The second-order valence-electron chi connectivity index (χ2n) is 6.63. The van der Waals surface area contributed by atoms with Crippen molar-refractivity contribution in [2.45, 2.75) is 32.5 Å². The second-order valence-corrected chi connectivity index (χ2v) is 6.63. The van der Waals surface area contributed by atoms with Crippen molar-refractivity contribution >= 4 is 5.91 Å². The van der Waals surface area contributed by atoms with Crippen LogP contribution in [0.5, 0.6) is 0 Å². The van der Waals surface area contributed by atoms with Crippen molar-refractivity contribution in [3.05, 3.63) is 52.9 Å². The predicted octanol–water partition coefficient (Wildman–Crippen LogP) is 2.35. The molecule has 0 bridgehead atoms. The third kappa shape index (κ3) is 6.20. The van der Waals surface area contributed by atoms with E-state index in [1.54, 1.807) is 18.2 Å². The lowest BCUT2D eigenvalue weighted by molar-refractivity contribution is -0.120. The molecule has 1 fully saturated rings. The van der Waals surface area contributed by atoms with Gasteiger partial charge in [-0.3, -0.25) is 4.79 Å². The summed E-state index contributed by atoms with van der Waals surface area (Å²) in [6.45, 7) is 2.85. The lowest BCUT2D eigenvalue weighted by atomic mass is 10.0. The molecule has 2 heterocycles. The highest BCUT2D eigenvalue weighted by Crippen LogP contribution is 2.13. The molecule has 2 aromatic rings. The number of aromatic nitrogens is 1. The SMILES string of the molecule is N#Cc1cccc(COCc2cc(CC(=O)NCC3CCOCC3)no2)c1. The van der Waals surface area contributed by atoms with Gasteiger partial charge in [-0.05, 0) is 36.5 Å². The van der Waals surface area contributed by atoms with E-state index < -0.39 is 0 Å². The summed E-state index contributed by atoms with van der Waals surface area (Å²) in [6.07, 6.45) is 2.17. The van der Waals surface area contributed by atoms with E-state index in [-0.39, 0.29) is 18.9 Å². The van der Waals surface area contributed by atoms with Crippen LogP contribution in [0.3, 0.4) is 0 Å². The molecule has 1 aromatic heterocycles. The van der Waals surface area contributed by atoms with Crippen LogP contribution in [-0.4, -0.2) is 30.8 Å². The first kappa shape index (κ1) is 19.1. The molecule has 27 heavy (non-hydrogen) atoms. The summed E-state index contributed by atoms with van der Waals surface area (Å²) in [5.41, 5.74) is 2.11. The molecule has 1 amide bonds. The molecule has 7 nitrogen and oxygen atoms in total. The molecule has 0 aliphatic carbocycles. The summed E-state index contributed by atoms with van der Waals surface area (Å²) < 4.78 is 16.1. The number of nitrogens with zero attached hydrogens (tertiary/aromatic N) is 2. The minimum atomic E-state index is -0.0596. The Morgan fingerprint density at radius 2 is 2.15 bits per heavy atom. The quantitative estimate of drug-likeness (QED) is 0.767. The van der Waals surface area contributed by atoms with Crippen LogP contribution in [0.4, 0.5) is 0 Å². The summed E-state index contributed by atoms with van der Waals surface area (Å²) in [5, 5.41) is 15.8. The predicted molar refractivity (Wildman–Crippen MR) is 96.4 cm³/mol. The highest BCUT2D eigenvalue weighted by Gasteiger charge is 2.15. The van der Waals surface area contributed by atoms with Gasteiger partial charge in [-0.25, -0.2) is 0 Å². The minimum absolute atomic E-state index is 0.0596. The number of amides is 1. The number of nitrogens with one attached hydrogen (secondary N) is 1. The third-order valence-electron chi connectivity index (χ3n) is 4.45. The molecule has 0 unspecified atom stereocenters. The zero-order chi connectivity index (χ0) is 18.9. The molecule has 1 aliphatic heterocycles. The fraction of sp³-hybridized carbons (Fsp3) is 0.450. The van der Waals surface area contributed by atoms with Crippen molar-refractivity contribution in [3.8, 4) is 6.07 Å². The van der Waals surface area contributed by atoms with Crippen molar-refractivity contribution in [2.75, 3.05) is 19.8 Å². The maximum Gasteiger partial charge on any atom is 0.226 e. The summed E-state index contributed by atoms with van der Waals surface area (Å²) in [7, 11) is 0. The first-order valence-electron chi connectivity index (χ1n) is 9.08. The number of benzene rings is 1. The van der Waals surface area contributed by atoms with Gasteiger partial charge in [0.05, 0.1) is 30.4 Å². The number of hydrogen-bond donors (Lipinski definition) is 1. The van der Waals surface area contributed by atoms with E-state index in [1.165, 1.54) is 0 Å². The molecule has 0 spiro atoms. The van der Waals surface area contributed by atoms with Gasteiger partial charge < -0.3 is 19.3 Å². The molecule has 1 N–H and O–H groups in total. The largest absolute Gasteiger partial charge is 0.381 e. The number of carbonyl (C=O) groups is 1. The molecule has 1 aliphatic rings. The van der Waals surface area contributed by atoms with E-state index >= 15 is 0 Å². The van der Waals surface area contributed by atoms with Crippen LogP contribution in [0.25, 0.3) is 0 Å². The van der Waals surface area contributed by atoms with Crippen LogP contribution < -0.4 is 5.32 Å². The second kappa shape index (κ2) is 9.86. The average Bonchev–Trinajstić information content (AvgIpc) is 3.14. The first-order valence-corrected chi connectivity index (χ1v) is 9.08. The summed E-state index contributed by atoms with van der Waals surface area (Å²) >= 11 is 0. The Morgan fingerprint density at radius 3 is 2.96 bits per heavy atom.